The number of rotatable bonds is 4. The SMILES string of the molecule is C=Cc1c2[n-]c(c1C)/C=C1\[N-]/C(=C3\c4[n-]c(c(C)c4C(=O)[C@H]3C(=O)OC)/C=c3\[n-]/c(c(C)c3CC)=C\2)[C@@H](CC)[C@@H]1C.[Mg+2]. The third-order valence-electron chi connectivity index (χ3n) is 9.19. The second kappa shape index (κ2) is 11.0. The van der Waals surface area contributed by atoms with Gasteiger partial charge in [0, 0.05) is 5.56 Å². The number of aromatic nitrogens is 3. The minimum Gasteiger partial charge on any atom is -0.664 e. The fourth-order valence-corrected chi connectivity index (χ4v) is 6.81. The Labute approximate surface area is 262 Å². The Bertz CT molecular complexity index is 1840. The van der Waals surface area contributed by atoms with Crippen LogP contribution in [0.15, 0.2) is 18.0 Å². The van der Waals surface area contributed by atoms with Crippen molar-refractivity contribution < 1.29 is 14.3 Å². The summed E-state index contributed by atoms with van der Waals surface area (Å²) in [5, 5.41) is 6.80. The molecule has 42 heavy (non-hydrogen) atoms. The molecule has 3 aromatic heterocycles. The predicted molar refractivity (Wildman–Crippen MR) is 166 cm³/mol. The van der Waals surface area contributed by atoms with E-state index in [1.807, 2.05) is 38.2 Å². The number of Topliss-reactive ketones (excluding diaryl/α,β-unsaturated/α-hetero) is 1. The molecule has 0 amide bonds. The maximum atomic E-state index is 13.9. The maximum absolute atomic E-state index is 13.9. The summed E-state index contributed by atoms with van der Waals surface area (Å²) in [4.78, 5) is 42.0. The van der Waals surface area contributed by atoms with E-state index in [2.05, 4.69) is 34.3 Å². The minimum atomic E-state index is -1.08. The van der Waals surface area contributed by atoms with E-state index in [4.69, 9.17) is 25.0 Å². The van der Waals surface area contributed by atoms with Gasteiger partial charge in [0.2, 0.25) is 0 Å². The molecule has 0 N–H and O–H groups in total. The normalized spacial score (nSPS) is 25.0. The number of ketones is 1. The van der Waals surface area contributed by atoms with E-state index in [1.165, 1.54) is 7.11 Å². The van der Waals surface area contributed by atoms with E-state index in [-0.39, 0.29) is 40.7 Å². The van der Waals surface area contributed by atoms with Gasteiger partial charge in [0.25, 0.3) is 0 Å². The minimum absolute atomic E-state index is 0. The van der Waals surface area contributed by atoms with Crippen molar-refractivity contribution >= 4 is 64.7 Å². The van der Waals surface area contributed by atoms with Crippen LogP contribution in [0.2, 0.25) is 0 Å². The van der Waals surface area contributed by atoms with E-state index in [0.717, 1.165) is 74.1 Å². The number of ether oxygens (including phenoxy) is 1. The number of hydrogen-bond acceptors (Lipinski definition) is 3. The van der Waals surface area contributed by atoms with Crippen molar-refractivity contribution in [2.75, 3.05) is 7.11 Å². The topological polar surface area (TPSA) is 99.8 Å². The first-order valence-electron chi connectivity index (χ1n) is 14.3. The van der Waals surface area contributed by atoms with Crippen LogP contribution in [-0.2, 0) is 16.0 Å². The molecule has 6 rings (SSSR count). The number of methoxy groups -OCH3 is 1. The quantitative estimate of drug-likeness (QED) is 0.266. The maximum Gasteiger partial charge on any atom is 2.00 e. The van der Waals surface area contributed by atoms with Gasteiger partial charge in [-0.15, -0.1) is 33.5 Å². The van der Waals surface area contributed by atoms with E-state index >= 15 is 0 Å². The van der Waals surface area contributed by atoms with Crippen molar-refractivity contribution in [3.63, 3.8) is 0 Å². The van der Waals surface area contributed by atoms with Crippen molar-refractivity contribution in [3.05, 3.63) is 90.1 Å². The zero-order valence-corrected chi connectivity index (χ0v) is 26.8. The molecule has 0 spiro atoms. The number of fused-ring (bicyclic) bond motifs is 7. The van der Waals surface area contributed by atoms with Crippen molar-refractivity contribution in [3.8, 4) is 0 Å². The summed E-state index contributed by atoms with van der Waals surface area (Å²) in [5.74, 6) is -1.87. The molecule has 2 aliphatic heterocycles. The monoisotopic (exact) mass is 570 g/mol. The Morgan fingerprint density at radius 1 is 0.976 bits per heavy atom. The summed E-state index contributed by atoms with van der Waals surface area (Å²) < 4.78 is 5.14. The van der Waals surface area contributed by atoms with E-state index in [1.54, 1.807) is 0 Å². The average Bonchev–Trinajstić information content (AvgIpc) is 3.69. The Balaban J connectivity index is 0.00000353. The molecule has 3 atom stereocenters. The second-order valence-corrected chi connectivity index (χ2v) is 11.2. The number of allylic oxidation sites excluding steroid dienone is 2. The summed E-state index contributed by atoms with van der Waals surface area (Å²) in [7, 11) is 1.32. The average molecular weight is 571 g/mol. The first-order valence-corrected chi connectivity index (χ1v) is 14.3. The van der Waals surface area contributed by atoms with Gasteiger partial charge in [-0.25, -0.2) is 0 Å². The van der Waals surface area contributed by atoms with Crippen LogP contribution in [0.1, 0.15) is 88.1 Å². The van der Waals surface area contributed by atoms with Gasteiger partial charge < -0.3 is 25.0 Å². The number of esters is 1. The molecule has 0 aromatic carbocycles. The largest absolute Gasteiger partial charge is 2.00 e. The smallest absolute Gasteiger partial charge is 0.664 e. The van der Waals surface area contributed by atoms with Gasteiger partial charge in [-0.2, -0.15) is 11.4 Å². The van der Waals surface area contributed by atoms with Crippen LogP contribution in [0.3, 0.4) is 0 Å². The molecule has 3 aliphatic rings. The number of hydrogen-bond donors (Lipinski definition) is 0. The van der Waals surface area contributed by atoms with Crippen LogP contribution in [0.5, 0.6) is 0 Å². The van der Waals surface area contributed by atoms with Gasteiger partial charge in [-0.05, 0) is 44.6 Å². The molecule has 0 radical (unpaired) electrons. The van der Waals surface area contributed by atoms with Gasteiger partial charge in [0.15, 0.2) is 5.78 Å². The zero-order valence-electron chi connectivity index (χ0n) is 25.4. The molecule has 7 nitrogen and oxygen atoms in total. The third-order valence-corrected chi connectivity index (χ3v) is 9.19. The number of carbonyl (C=O) groups excluding carboxylic acids is 2. The van der Waals surface area contributed by atoms with Crippen LogP contribution in [-0.4, -0.2) is 41.9 Å². The summed E-state index contributed by atoms with van der Waals surface area (Å²) in [6.07, 6.45) is 9.47. The molecule has 1 saturated heterocycles. The van der Waals surface area contributed by atoms with Crippen LogP contribution in [0, 0.1) is 38.5 Å². The van der Waals surface area contributed by atoms with Crippen LogP contribution >= 0.6 is 0 Å². The molecule has 0 unspecified atom stereocenters. The van der Waals surface area contributed by atoms with Crippen LogP contribution in [0.4, 0.5) is 0 Å². The standard InChI is InChI=1S/C34H35N4O3.Mg/c1-9-19-15(4)22-12-24-17(6)21(11-3)31(37-24)29-30(34(40)41-8)33(39)28-18(7)25(38-32(28)29)14-27-20(10-2)16(5)23(36-27)13-26(19)35-22;/h9,12-14,17,21,30H,1,10-11H2,2-8H3,(H-,37,38,39);/q-3;+2/p-1/b23-13-,24-12-,27-14-;/t17-,21-,30-;/m0./s1. The van der Waals surface area contributed by atoms with E-state index in [9.17, 15) is 9.59 Å². The summed E-state index contributed by atoms with van der Waals surface area (Å²) >= 11 is 0. The number of nitrogens with zero attached hydrogens (tertiary/aromatic N) is 4. The van der Waals surface area contributed by atoms with Crippen LogP contribution < -0.4 is 25.7 Å². The summed E-state index contributed by atoms with van der Waals surface area (Å²) in [5.41, 5.74) is 10.5. The molecular formula is C34H34MgN4O3-2. The van der Waals surface area contributed by atoms with Gasteiger partial charge in [0.1, 0.15) is 5.92 Å². The Morgan fingerprint density at radius 3 is 2.31 bits per heavy atom. The molecule has 8 heteroatoms. The fraction of sp³-hybridized carbons (Fsp3) is 0.353. The summed E-state index contributed by atoms with van der Waals surface area (Å²) in [6.45, 7) is 16.5. The molecule has 3 aromatic rings. The van der Waals surface area contributed by atoms with Crippen molar-refractivity contribution in [1.82, 2.24) is 15.0 Å². The fourth-order valence-electron chi connectivity index (χ4n) is 6.81. The van der Waals surface area contributed by atoms with Crippen molar-refractivity contribution in [2.45, 2.75) is 54.4 Å². The van der Waals surface area contributed by atoms with Crippen LogP contribution in [0.25, 0.3) is 35.2 Å². The van der Waals surface area contributed by atoms with Gasteiger partial charge in [-0.1, -0.05) is 85.9 Å². The molecule has 5 heterocycles. The molecule has 1 fully saturated rings. The van der Waals surface area contributed by atoms with E-state index < -0.39 is 11.9 Å². The molecular weight excluding hydrogens is 537 g/mol. The first-order chi connectivity index (χ1) is 19.6. The van der Waals surface area contributed by atoms with Gasteiger partial charge >= 0.3 is 29.0 Å². The first kappa shape index (κ1) is 30.0. The Hall–Kier alpha value is -3.49. The van der Waals surface area contributed by atoms with Crippen molar-refractivity contribution in [2.24, 2.45) is 17.8 Å². The molecule has 0 saturated carbocycles. The van der Waals surface area contributed by atoms with Crippen molar-refractivity contribution in [1.29, 1.82) is 0 Å². The second-order valence-electron chi connectivity index (χ2n) is 11.2. The Kier molecular flexibility index (Phi) is 7.83. The van der Waals surface area contributed by atoms with E-state index in [0.29, 0.717) is 22.5 Å². The van der Waals surface area contributed by atoms with Gasteiger partial charge in [-0.3, -0.25) is 9.59 Å². The molecule has 8 bridgehead atoms. The Morgan fingerprint density at radius 2 is 1.67 bits per heavy atom. The molecule has 1 aliphatic carbocycles. The molecule has 212 valence electrons. The summed E-state index contributed by atoms with van der Waals surface area (Å²) in [6, 6.07) is 0. The third kappa shape index (κ3) is 4.21. The van der Waals surface area contributed by atoms with Gasteiger partial charge in [0.05, 0.1) is 7.11 Å². The zero-order chi connectivity index (χ0) is 29.3. The number of carbonyl (C=O) groups is 2. The predicted octanol–water partition coefficient (Wildman–Crippen LogP) is 4.07.